The molecule has 0 saturated carbocycles. The van der Waals surface area contributed by atoms with Crippen LogP contribution in [0.3, 0.4) is 0 Å². The van der Waals surface area contributed by atoms with E-state index in [0.29, 0.717) is 25.9 Å². The number of fused-ring (bicyclic) bond motifs is 1. The highest BCUT2D eigenvalue weighted by Gasteiger charge is 2.42. The zero-order chi connectivity index (χ0) is 22.3. The Kier molecular flexibility index (Phi) is 6.01. The summed E-state index contributed by atoms with van der Waals surface area (Å²) >= 11 is 0. The van der Waals surface area contributed by atoms with Crippen molar-refractivity contribution in [2.24, 2.45) is 11.8 Å². The molecule has 30 heavy (non-hydrogen) atoms. The van der Waals surface area contributed by atoms with Crippen LogP contribution in [0.15, 0.2) is 0 Å². The molecule has 1 aromatic heterocycles. The Morgan fingerprint density at radius 3 is 2.40 bits per heavy atom. The molecule has 1 fully saturated rings. The van der Waals surface area contributed by atoms with Gasteiger partial charge < -0.3 is 19.1 Å². The molecule has 168 valence electrons. The van der Waals surface area contributed by atoms with Gasteiger partial charge in [-0.05, 0) is 33.1 Å². The Balaban J connectivity index is 1.66. The molecule has 2 atom stereocenters. The van der Waals surface area contributed by atoms with E-state index in [4.69, 9.17) is 4.74 Å². The molecule has 2 aliphatic rings. The molecular formula is C19H28F3N5O3. The fraction of sp³-hybridized carbons (Fsp3) is 0.789. The molecule has 1 saturated heterocycles. The monoisotopic (exact) mass is 431 g/mol. The van der Waals surface area contributed by atoms with Gasteiger partial charge in [0.2, 0.25) is 11.7 Å². The Hall–Kier alpha value is -2.33. The third-order valence-electron chi connectivity index (χ3n) is 5.55. The van der Waals surface area contributed by atoms with Crippen molar-refractivity contribution in [3.05, 3.63) is 11.6 Å². The first-order chi connectivity index (χ1) is 13.9. The third kappa shape index (κ3) is 4.70. The third-order valence-corrected chi connectivity index (χ3v) is 5.55. The minimum absolute atomic E-state index is 0.00459. The zero-order valence-corrected chi connectivity index (χ0v) is 17.7. The van der Waals surface area contributed by atoms with Gasteiger partial charge in [-0.1, -0.05) is 13.3 Å². The lowest BCUT2D eigenvalue weighted by atomic mass is 9.82. The van der Waals surface area contributed by atoms with E-state index >= 15 is 0 Å². The lowest BCUT2D eigenvalue weighted by molar-refractivity contribution is -0.148. The number of hydrogen-bond acceptors (Lipinski definition) is 5. The highest BCUT2D eigenvalue weighted by molar-refractivity contribution is 5.80. The molecule has 0 aliphatic carbocycles. The van der Waals surface area contributed by atoms with Gasteiger partial charge in [0.25, 0.3) is 0 Å². The van der Waals surface area contributed by atoms with Crippen LogP contribution in [-0.4, -0.2) is 61.8 Å². The van der Waals surface area contributed by atoms with Crippen molar-refractivity contribution in [2.45, 2.75) is 65.4 Å². The number of aromatic nitrogens is 3. The molecule has 3 rings (SSSR count). The molecular weight excluding hydrogens is 403 g/mol. The summed E-state index contributed by atoms with van der Waals surface area (Å²) < 4.78 is 45.5. The minimum atomic E-state index is -4.57. The van der Waals surface area contributed by atoms with Gasteiger partial charge in [-0.2, -0.15) is 13.2 Å². The first-order valence-electron chi connectivity index (χ1n) is 10.2. The van der Waals surface area contributed by atoms with Gasteiger partial charge in [0, 0.05) is 32.1 Å². The fourth-order valence-corrected chi connectivity index (χ4v) is 4.05. The smallest absolute Gasteiger partial charge is 0.444 e. The summed E-state index contributed by atoms with van der Waals surface area (Å²) in [6, 6.07) is 0. The summed E-state index contributed by atoms with van der Waals surface area (Å²) in [6.45, 7) is 8.39. The van der Waals surface area contributed by atoms with E-state index in [2.05, 4.69) is 10.2 Å². The van der Waals surface area contributed by atoms with Crippen LogP contribution in [0.25, 0.3) is 0 Å². The highest BCUT2D eigenvalue weighted by Crippen LogP contribution is 2.32. The van der Waals surface area contributed by atoms with Crippen LogP contribution in [0.2, 0.25) is 0 Å². The van der Waals surface area contributed by atoms with E-state index in [0.717, 1.165) is 4.57 Å². The number of halogens is 3. The van der Waals surface area contributed by atoms with Gasteiger partial charge in [0.15, 0.2) is 5.82 Å². The maximum Gasteiger partial charge on any atom is 0.451 e. The van der Waals surface area contributed by atoms with Crippen LogP contribution in [-0.2, 0) is 28.8 Å². The normalized spacial score (nSPS) is 22.6. The van der Waals surface area contributed by atoms with Gasteiger partial charge in [0.05, 0.1) is 6.54 Å². The molecule has 0 aromatic carbocycles. The van der Waals surface area contributed by atoms with Crippen molar-refractivity contribution >= 4 is 12.0 Å². The second kappa shape index (κ2) is 8.07. The van der Waals surface area contributed by atoms with E-state index < -0.39 is 23.7 Å². The van der Waals surface area contributed by atoms with Crippen molar-refractivity contribution in [3.63, 3.8) is 0 Å². The van der Waals surface area contributed by atoms with Crippen molar-refractivity contribution < 1.29 is 27.5 Å². The first-order valence-corrected chi connectivity index (χ1v) is 10.2. The largest absolute Gasteiger partial charge is 0.451 e. The van der Waals surface area contributed by atoms with Crippen LogP contribution in [0, 0.1) is 11.8 Å². The second-order valence-electron chi connectivity index (χ2n) is 8.84. The topological polar surface area (TPSA) is 80.6 Å². The molecule has 2 amide bonds. The number of ether oxygens (including phenoxy) is 1. The van der Waals surface area contributed by atoms with Gasteiger partial charge in [-0.15, -0.1) is 10.2 Å². The van der Waals surface area contributed by atoms with Crippen molar-refractivity contribution in [3.8, 4) is 0 Å². The number of carbonyl (C=O) groups is 2. The summed E-state index contributed by atoms with van der Waals surface area (Å²) in [5.41, 5.74) is -0.593. The van der Waals surface area contributed by atoms with Crippen LogP contribution in [0.1, 0.15) is 52.2 Å². The Bertz CT molecular complexity index is 802. The molecule has 0 spiro atoms. The predicted molar refractivity (Wildman–Crippen MR) is 100 cm³/mol. The molecule has 8 nitrogen and oxygen atoms in total. The van der Waals surface area contributed by atoms with E-state index in [9.17, 15) is 22.8 Å². The molecule has 1 aromatic rings. The molecule has 3 heterocycles. The standard InChI is InChI=1S/C19H28F3N5O3/c1-5-12-10-26(17(29)30-18(2,3)4)7-6-13(12)15(28)25-8-9-27-14(11-25)23-24-16(27)19(20,21)22/h12-13H,5-11H2,1-4H3/t12-,13+/m0/s1. The van der Waals surface area contributed by atoms with Crippen LogP contribution < -0.4 is 0 Å². The summed E-state index contributed by atoms with van der Waals surface area (Å²) in [6.07, 6.45) is -3.76. The minimum Gasteiger partial charge on any atom is -0.444 e. The number of nitrogens with zero attached hydrogens (tertiary/aromatic N) is 5. The predicted octanol–water partition coefficient (Wildman–Crippen LogP) is 2.92. The maximum absolute atomic E-state index is 13.2. The number of hydrogen-bond donors (Lipinski definition) is 0. The van der Waals surface area contributed by atoms with Crippen molar-refractivity contribution in [1.29, 1.82) is 0 Å². The Morgan fingerprint density at radius 1 is 1.10 bits per heavy atom. The van der Waals surface area contributed by atoms with Crippen LogP contribution >= 0.6 is 0 Å². The SMILES string of the molecule is CC[C@H]1CN(C(=O)OC(C)(C)C)CC[C@H]1C(=O)N1CCn2c(nnc2C(F)(F)F)C1. The number of piperidine rings is 1. The number of amides is 2. The van der Waals surface area contributed by atoms with Crippen molar-refractivity contribution in [1.82, 2.24) is 24.6 Å². The van der Waals surface area contributed by atoms with E-state index in [1.165, 1.54) is 0 Å². The number of rotatable bonds is 2. The molecule has 0 N–H and O–H groups in total. The average molecular weight is 431 g/mol. The molecule has 0 bridgehead atoms. The molecule has 0 unspecified atom stereocenters. The number of alkyl halides is 3. The summed E-state index contributed by atoms with van der Waals surface area (Å²) in [7, 11) is 0. The van der Waals surface area contributed by atoms with E-state index in [1.54, 1.807) is 30.6 Å². The number of likely N-dealkylation sites (tertiary alicyclic amines) is 1. The van der Waals surface area contributed by atoms with Crippen LogP contribution in [0.5, 0.6) is 0 Å². The lowest BCUT2D eigenvalue weighted by Gasteiger charge is -2.40. The van der Waals surface area contributed by atoms with Gasteiger partial charge >= 0.3 is 12.3 Å². The average Bonchev–Trinajstić information content (AvgIpc) is 3.09. The van der Waals surface area contributed by atoms with Gasteiger partial charge in [-0.3, -0.25) is 4.79 Å². The Morgan fingerprint density at radius 2 is 1.80 bits per heavy atom. The maximum atomic E-state index is 13.2. The summed E-state index contributed by atoms with van der Waals surface area (Å²) in [5, 5.41) is 6.90. The molecule has 2 aliphatic heterocycles. The quantitative estimate of drug-likeness (QED) is 0.719. The molecule has 11 heteroatoms. The molecule has 0 radical (unpaired) electrons. The second-order valence-corrected chi connectivity index (χ2v) is 8.84. The van der Waals surface area contributed by atoms with Crippen LogP contribution in [0.4, 0.5) is 18.0 Å². The highest BCUT2D eigenvalue weighted by atomic mass is 19.4. The fourth-order valence-electron chi connectivity index (χ4n) is 4.05. The summed E-state index contributed by atoms with van der Waals surface area (Å²) in [4.78, 5) is 28.7. The van der Waals surface area contributed by atoms with Gasteiger partial charge in [-0.25, -0.2) is 4.79 Å². The Labute approximate surface area is 173 Å². The van der Waals surface area contributed by atoms with E-state index in [-0.39, 0.29) is 43.2 Å². The summed E-state index contributed by atoms with van der Waals surface area (Å²) in [5.74, 6) is -1.31. The first kappa shape index (κ1) is 22.4. The van der Waals surface area contributed by atoms with E-state index in [1.807, 2.05) is 6.92 Å². The number of carbonyl (C=O) groups excluding carboxylic acids is 2. The van der Waals surface area contributed by atoms with Gasteiger partial charge in [0.1, 0.15) is 5.60 Å². The van der Waals surface area contributed by atoms with Crippen molar-refractivity contribution in [2.75, 3.05) is 19.6 Å². The zero-order valence-electron chi connectivity index (χ0n) is 17.7. The lowest BCUT2D eigenvalue weighted by Crippen LogP contribution is -2.51.